The van der Waals surface area contributed by atoms with E-state index in [1.807, 2.05) is 78.9 Å². The topological polar surface area (TPSA) is 62.1 Å². The predicted molar refractivity (Wildman–Crippen MR) is 119 cm³/mol. The number of ether oxygens (including phenoxy) is 1. The van der Waals surface area contributed by atoms with Crippen molar-refractivity contribution in [2.75, 3.05) is 5.32 Å². The van der Waals surface area contributed by atoms with Gasteiger partial charge in [-0.15, -0.1) is 0 Å². The second kappa shape index (κ2) is 9.72. The normalized spacial score (nSPS) is 10.8. The number of para-hydroxylation sites is 2. The zero-order chi connectivity index (χ0) is 19.8. The van der Waals surface area contributed by atoms with Crippen LogP contribution in [-0.2, 0) is 11.4 Å². The summed E-state index contributed by atoms with van der Waals surface area (Å²) < 4.78 is 6.80. The maximum Gasteiger partial charge on any atom is 0.266 e. The molecule has 0 unspecified atom stereocenters. The Balaban J connectivity index is 1.79. The number of nitriles is 1. The molecule has 0 heterocycles. The van der Waals surface area contributed by atoms with Gasteiger partial charge in [0.25, 0.3) is 5.91 Å². The van der Waals surface area contributed by atoms with Gasteiger partial charge in [0.05, 0.1) is 5.69 Å². The molecule has 0 spiro atoms. The molecule has 3 aromatic rings. The molecule has 0 atom stereocenters. The van der Waals surface area contributed by atoms with E-state index in [-0.39, 0.29) is 5.57 Å². The van der Waals surface area contributed by atoms with Gasteiger partial charge in [-0.2, -0.15) is 5.26 Å². The maximum atomic E-state index is 12.5. The minimum atomic E-state index is -0.454. The molecule has 5 heteroatoms. The fourth-order valence-corrected chi connectivity index (χ4v) is 3.05. The van der Waals surface area contributed by atoms with Gasteiger partial charge in [0.2, 0.25) is 0 Å². The summed E-state index contributed by atoms with van der Waals surface area (Å²) in [6.45, 7) is 0.405. The van der Waals surface area contributed by atoms with Crippen LogP contribution in [0.1, 0.15) is 11.1 Å². The first-order valence-electron chi connectivity index (χ1n) is 8.61. The second-order valence-electron chi connectivity index (χ2n) is 5.92. The number of amides is 1. The van der Waals surface area contributed by atoms with Crippen LogP contribution in [0.5, 0.6) is 5.75 Å². The molecule has 0 radical (unpaired) electrons. The number of nitrogens with zero attached hydrogens (tertiary/aromatic N) is 1. The Morgan fingerprint density at radius 3 is 2.43 bits per heavy atom. The average molecular weight is 480 g/mol. The lowest BCUT2D eigenvalue weighted by Gasteiger charge is -2.10. The molecule has 138 valence electrons. The summed E-state index contributed by atoms with van der Waals surface area (Å²) in [5, 5.41) is 12.3. The molecule has 0 bridgehead atoms. The number of hydrogen-bond donors (Lipinski definition) is 1. The summed E-state index contributed by atoms with van der Waals surface area (Å²) in [4.78, 5) is 12.5. The van der Waals surface area contributed by atoms with Crippen LogP contribution in [0.15, 0.2) is 84.4 Å². The third-order valence-corrected chi connectivity index (χ3v) is 4.88. The van der Waals surface area contributed by atoms with E-state index in [1.54, 1.807) is 12.1 Å². The number of rotatable bonds is 6. The number of benzene rings is 3. The minimum absolute atomic E-state index is 0.00964. The minimum Gasteiger partial charge on any atom is -0.488 e. The Kier molecular flexibility index (Phi) is 6.82. The van der Waals surface area contributed by atoms with Crippen molar-refractivity contribution < 1.29 is 9.53 Å². The number of hydrogen-bond acceptors (Lipinski definition) is 3. The molecule has 0 fully saturated rings. The molecule has 3 aromatic carbocycles. The lowest BCUT2D eigenvalue weighted by atomic mass is 10.1. The predicted octanol–water partition coefficient (Wildman–Crippen LogP) is 5.42. The average Bonchev–Trinajstić information content (AvgIpc) is 2.73. The van der Waals surface area contributed by atoms with Crippen molar-refractivity contribution in [2.24, 2.45) is 0 Å². The van der Waals surface area contributed by atoms with E-state index in [0.717, 1.165) is 9.13 Å². The largest absolute Gasteiger partial charge is 0.488 e. The van der Waals surface area contributed by atoms with Crippen LogP contribution in [0.4, 0.5) is 5.69 Å². The third-order valence-electron chi connectivity index (χ3n) is 3.94. The molecule has 0 aliphatic heterocycles. The summed E-state index contributed by atoms with van der Waals surface area (Å²) in [5.74, 6) is 0.158. The van der Waals surface area contributed by atoms with E-state index in [9.17, 15) is 10.1 Å². The van der Waals surface area contributed by atoms with Gasteiger partial charge in [0, 0.05) is 9.13 Å². The Morgan fingerprint density at radius 1 is 1.00 bits per heavy atom. The van der Waals surface area contributed by atoms with Gasteiger partial charge in [-0.05, 0) is 52.4 Å². The van der Waals surface area contributed by atoms with Crippen molar-refractivity contribution in [2.45, 2.75) is 6.61 Å². The van der Waals surface area contributed by atoms with Gasteiger partial charge in [-0.3, -0.25) is 4.79 Å². The molecular formula is C23H17IN2O2. The third kappa shape index (κ3) is 5.21. The van der Waals surface area contributed by atoms with Crippen molar-refractivity contribution in [1.29, 1.82) is 5.26 Å². The van der Waals surface area contributed by atoms with Crippen molar-refractivity contribution in [3.8, 4) is 11.8 Å². The summed E-state index contributed by atoms with van der Waals surface area (Å²) in [5.41, 5.74) is 2.39. The molecule has 28 heavy (non-hydrogen) atoms. The van der Waals surface area contributed by atoms with Crippen molar-refractivity contribution in [3.63, 3.8) is 0 Å². The summed E-state index contributed by atoms with van der Waals surface area (Å²) >= 11 is 2.14. The first kappa shape index (κ1) is 19.6. The maximum absolute atomic E-state index is 12.5. The number of anilines is 1. The highest BCUT2D eigenvalue weighted by atomic mass is 127. The van der Waals surface area contributed by atoms with Crippen LogP contribution in [0.3, 0.4) is 0 Å². The zero-order valence-electron chi connectivity index (χ0n) is 14.9. The van der Waals surface area contributed by atoms with Gasteiger partial charge in [0.15, 0.2) is 0 Å². The van der Waals surface area contributed by atoms with E-state index < -0.39 is 5.91 Å². The number of carbonyl (C=O) groups is 1. The highest BCUT2D eigenvalue weighted by Crippen LogP contribution is 2.23. The van der Waals surface area contributed by atoms with Crippen LogP contribution in [0.2, 0.25) is 0 Å². The number of halogens is 1. The summed E-state index contributed by atoms with van der Waals surface area (Å²) in [6, 6.07) is 26.5. The fourth-order valence-electron chi connectivity index (χ4n) is 2.52. The summed E-state index contributed by atoms with van der Waals surface area (Å²) in [7, 11) is 0. The molecule has 0 aliphatic carbocycles. The van der Waals surface area contributed by atoms with Crippen LogP contribution >= 0.6 is 22.6 Å². The highest BCUT2D eigenvalue weighted by molar-refractivity contribution is 14.1. The van der Waals surface area contributed by atoms with Crippen molar-refractivity contribution >= 4 is 40.3 Å². The molecule has 0 aromatic heterocycles. The van der Waals surface area contributed by atoms with Crippen molar-refractivity contribution in [1.82, 2.24) is 0 Å². The van der Waals surface area contributed by atoms with Gasteiger partial charge >= 0.3 is 0 Å². The van der Waals surface area contributed by atoms with Gasteiger partial charge in [-0.1, -0.05) is 60.7 Å². The molecule has 1 N–H and O–H groups in total. The van der Waals surface area contributed by atoms with Crippen LogP contribution < -0.4 is 10.1 Å². The molecule has 3 rings (SSSR count). The zero-order valence-corrected chi connectivity index (χ0v) is 17.1. The van der Waals surface area contributed by atoms with Gasteiger partial charge in [0.1, 0.15) is 24.0 Å². The highest BCUT2D eigenvalue weighted by Gasteiger charge is 2.12. The molecule has 4 nitrogen and oxygen atoms in total. The van der Waals surface area contributed by atoms with Crippen molar-refractivity contribution in [3.05, 3.63) is 99.1 Å². The molecule has 1 amide bonds. The lowest BCUT2D eigenvalue weighted by Crippen LogP contribution is -2.14. The second-order valence-corrected chi connectivity index (χ2v) is 7.08. The van der Waals surface area contributed by atoms with Gasteiger partial charge in [-0.25, -0.2) is 0 Å². The molecule has 0 saturated heterocycles. The monoisotopic (exact) mass is 480 g/mol. The van der Waals surface area contributed by atoms with Crippen LogP contribution in [0.25, 0.3) is 6.08 Å². The van der Waals surface area contributed by atoms with E-state index in [1.165, 1.54) is 0 Å². The van der Waals surface area contributed by atoms with E-state index in [0.29, 0.717) is 23.6 Å². The van der Waals surface area contributed by atoms with Crippen LogP contribution in [-0.4, -0.2) is 5.91 Å². The van der Waals surface area contributed by atoms with E-state index >= 15 is 0 Å². The van der Waals surface area contributed by atoms with Gasteiger partial charge < -0.3 is 10.1 Å². The molecule has 0 aliphatic rings. The SMILES string of the molecule is N#C/C(=C/c1ccccc1OCc1ccccc1)C(=O)Nc1ccccc1I. The fraction of sp³-hybridized carbons (Fsp3) is 0.0435. The standard InChI is InChI=1S/C23H17IN2O2/c24-20-11-5-6-12-21(20)26-23(27)19(15-25)14-18-10-4-7-13-22(18)28-16-17-8-2-1-3-9-17/h1-14H,16H2,(H,26,27)/b19-14-. The Labute approximate surface area is 177 Å². The number of carbonyl (C=O) groups excluding carboxylic acids is 1. The van der Waals surface area contributed by atoms with E-state index in [4.69, 9.17) is 4.74 Å². The first-order chi connectivity index (χ1) is 13.7. The molecular weight excluding hydrogens is 463 g/mol. The number of nitrogens with one attached hydrogen (secondary N) is 1. The quantitative estimate of drug-likeness (QED) is 0.291. The van der Waals surface area contributed by atoms with Crippen LogP contribution in [0, 0.1) is 14.9 Å². The first-order valence-corrected chi connectivity index (χ1v) is 9.68. The Bertz CT molecular complexity index is 1040. The smallest absolute Gasteiger partial charge is 0.266 e. The Hall–Kier alpha value is -3.11. The van der Waals surface area contributed by atoms with E-state index in [2.05, 4.69) is 27.9 Å². The molecule has 0 saturated carbocycles. The lowest BCUT2D eigenvalue weighted by molar-refractivity contribution is -0.112. The summed E-state index contributed by atoms with van der Waals surface area (Å²) in [6.07, 6.45) is 1.55. The Morgan fingerprint density at radius 2 is 1.68 bits per heavy atom.